The minimum Gasteiger partial charge on any atom is -0.478 e. The number of ether oxygens (including phenoxy) is 1. The maximum atomic E-state index is 13.3. The molecule has 1 heterocycles. The van der Waals surface area contributed by atoms with Gasteiger partial charge in [-0.3, -0.25) is 0 Å². The summed E-state index contributed by atoms with van der Waals surface area (Å²) in [5.41, 5.74) is -0.416. The molecule has 0 fully saturated rings. The van der Waals surface area contributed by atoms with Gasteiger partial charge < -0.3 is 14.4 Å². The third-order valence-corrected chi connectivity index (χ3v) is 2.68. The highest BCUT2D eigenvalue weighted by Gasteiger charge is 2.20. The van der Waals surface area contributed by atoms with Gasteiger partial charge in [0.1, 0.15) is 6.33 Å². The van der Waals surface area contributed by atoms with Gasteiger partial charge in [0.25, 0.3) is 0 Å². The second-order valence-electron chi connectivity index (χ2n) is 3.96. The van der Waals surface area contributed by atoms with Crippen LogP contribution in [0.25, 0.3) is 11.4 Å². The van der Waals surface area contributed by atoms with E-state index in [1.807, 2.05) is 0 Å². The van der Waals surface area contributed by atoms with Gasteiger partial charge in [0.05, 0.1) is 12.2 Å². The number of aromatic carboxylic acids is 1. The molecule has 2 rings (SSSR count). The first-order valence-corrected chi connectivity index (χ1v) is 5.64. The molecule has 0 unspecified atom stereocenters. The molecular weight excluding hydrogens is 272 g/mol. The number of hydrogen-bond acceptors (Lipinski definition) is 4. The highest BCUT2D eigenvalue weighted by molar-refractivity contribution is 5.95. The molecule has 0 aliphatic heterocycles. The van der Waals surface area contributed by atoms with Crippen molar-refractivity contribution in [2.45, 2.75) is 6.54 Å². The maximum absolute atomic E-state index is 13.3. The molecule has 1 N–H and O–H groups in total. The van der Waals surface area contributed by atoms with E-state index in [1.165, 1.54) is 18.0 Å². The summed E-state index contributed by atoms with van der Waals surface area (Å²) >= 11 is 0. The molecule has 6 nitrogen and oxygen atoms in total. The van der Waals surface area contributed by atoms with Gasteiger partial charge in [-0.1, -0.05) is 0 Å². The number of hydrogen-bond donors (Lipinski definition) is 1. The molecule has 0 aliphatic carbocycles. The zero-order valence-electron chi connectivity index (χ0n) is 10.5. The Labute approximate surface area is 112 Å². The fourth-order valence-corrected chi connectivity index (χ4v) is 1.73. The van der Waals surface area contributed by atoms with E-state index in [0.29, 0.717) is 19.2 Å². The molecule has 0 atom stereocenters. The van der Waals surface area contributed by atoms with Crippen molar-refractivity contribution in [2.75, 3.05) is 13.7 Å². The van der Waals surface area contributed by atoms with Gasteiger partial charge in [-0.15, -0.1) is 10.2 Å². The van der Waals surface area contributed by atoms with Crippen LogP contribution in [0.15, 0.2) is 18.5 Å². The summed E-state index contributed by atoms with van der Waals surface area (Å²) in [6.07, 6.45) is 1.36. The lowest BCUT2D eigenvalue weighted by Gasteiger charge is -2.09. The highest BCUT2D eigenvalue weighted by atomic mass is 19.2. The van der Waals surface area contributed by atoms with Crippen molar-refractivity contribution in [1.82, 2.24) is 14.8 Å². The van der Waals surface area contributed by atoms with Gasteiger partial charge in [0.15, 0.2) is 17.5 Å². The Morgan fingerprint density at radius 3 is 2.75 bits per heavy atom. The van der Waals surface area contributed by atoms with Crippen LogP contribution in [-0.4, -0.2) is 39.6 Å². The number of rotatable bonds is 5. The van der Waals surface area contributed by atoms with E-state index in [9.17, 15) is 13.6 Å². The van der Waals surface area contributed by atoms with E-state index in [0.717, 1.165) is 6.07 Å². The third kappa shape index (κ3) is 2.64. The highest BCUT2D eigenvalue weighted by Crippen LogP contribution is 2.24. The number of nitrogens with zero attached hydrogens (tertiary/aromatic N) is 3. The number of benzene rings is 1. The van der Waals surface area contributed by atoms with Crippen LogP contribution >= 0.6 is 0 Å². The predicted octanol–water partition coefficient (Wildman–Crippen LogP) is 1.57. The van der Waals surface area contributed by atoms with Crippen LogP contribution in [0.5, 0.6) is 0 Å². The summed E-state index contributed by atoms with van der Waals surface area (Å²) in [6.45, 7) is 0.702. The predicted molar refractivity (Wildman–Crippen MR) is 64.2 cm³/mol. The fraction of sp³-hybridized carbons (Fsp3) is 0.250. The molecule has 0 saturated carbocycles. The van der Waals surface area contributed by atoms with Crippen molar-refractivity contribution < 1.29 is 23.4 Å². The van der Waals surface area contributed by atoms with E-state index in [4.69, 9.17) is 9.84 Å². The van der Waals surface area contributed by atoms with Crippen LogP contribution in [0.2, 0.25) is 0 Å². The van der Waals surface area contributed by atoms with Gasteiger partial charge in [-0.2, -0.15) is 0 Å². The normalized spacial score (nSPS) is 10.8. The number of aromatic nitrogens is 3. The first kappa shape index (κ1) is 14.1. The van der Waals surface area contributed by atoms with Gasteiger partial charge in [-0.25, -0.2) is 13.6 Å². The largest absolute Gasteiger partial charge is 0.478 e. The van der Waals surface area contributed by atoms with Crippen LogP contribution in [0.3, 0.4) is 0 Å². The lowest BCUT2D eigenvalue weighted by Crippen LogP contribution is -2.09. The first-order valence-electron chi connectivity index (χ1n) is 5.64. The Hall–Kier alpha value is -2.35. The Balaban J connectivity index is 2.54. The Morgan fingerprint density at radius 1 is 1.40 bits per heavy atom. The summed E-state index contributed by atoms with van der Waals surface area (Å²) in [6, 6.07) is 1.43. The van der Waals surface area contributed by atoms with Crippen molar-refractivity contribution in [2.24, 2.45) is 0 Å². The van der Waals surface area contributed by atoms with Gasteiger partial charge >= 0.3 is 5.97 Å². The average Bonchev–Trinajstić information content (AvgIpc) is 2.87. The smallest absolute Gasteiger partial charge is 0.336 e. The molecule has 2 aromatic rings. The van der Waals surface area contributed by atoms with Gasteiger partial charge in [-0.05, 0) is 12.1 Å². The topological polar surface area (TPSA) is 77.2 Å². The minimum absolute atomic E-state index is 0.0370. The lowest BCUT2D eigenvalue weighted by atomic mass is 10.1. The van der Waals surface area contributed by atoms with Crippen molar-refractivity contribution in [3.05, 3.63) is 35.7 Å². The maximum Gasteiger partial charge on any atom is 0.336 e. The van der Waals surface area contributed by atoms with Crippen LogP contribution in [0.1, 0.15) is 10.4 Å². The van der Waals surface area contributed by atoms with E-state index in [1.54, 1.807) is 0 Å². The molecule has 20 heavy (non-hydrogen) atoms. The quantitative estimate of drug-likeness (QED) is 0.901. The van der Waals surface area contributed by atoms with Crippen LogP contribution in [0.4, 0.5) is 8.78 Å². The molecule has 0 amide bonds. The summed E-state index contributed by atoms with van der Waals surface area (Å²) in [4.78, 5) is 11.1. The molecule has 0 aliphatic rings. The summed E-state index contributed by atoms with van der Waals surface area (Å²) < 4.78 is 32.9. The van der Waals surface area contributed by atoms with E-state index in [2.05, 4.69) is 10.2 Å². The van der Waals surface area contributed by atoms with Gasteiger partial charge in [0.2, 0.25) is 0 Å². The molecule has 0 radical (unpaired) electrons. The second kappa shape index (κ2) is 5.74. The number of halogens is 2. The zero-order chi connectivity index (χ0) is 14.7. The van der Waals surface area contributed by atoms with Crippen molar-refractivity contribution in [1.29, 1.82) is 0 Å². The number of methoxy groups -OCH3 is 1. The molecule has 0 spiro atoms. The van der Waals surface area contributed by atoms with Crippen LogP contribution in [-0.2, 0) is 11.3 Å². The zero-order valence-corrected chi connectivity index (χ0v) is 10.5. The van der Waals surface area contributed by atoms with Crippen LogP contribution < -0.4 is 0 Å². The Morgan fingerprint density at radius 2 is 2.10 bits per heavy atom. The van der Waals surface area contributed by atoms with Gasteiger partial charge in [0, 0.05) is 19.2 Å². The standard InChI is InChI=1S/C12H11F2N3O3/c1-20-3-2-17-6-15-16-11(17)7-4-9(13)10(14)5-8(7)12(18)19/h4-6H,2-3H2,1H3,(H,18,19). The first-order chi connectivity index (χ1) is 9.54. The molecular formula is C12H11F2N3O3. The number of carboxylic acids is 1. The number of carbonyl (C=O) groups is 1. The Bertz CT molecular complexity index is 643. The van der Waals surface area contributed by atoms with Crippen LogP contribution in [0, 0.1) is 11.6 Å². The van der Waals surface area contributed by atoms with E-state index < -0.39 is 17.6 Å². The molecule has 1 aromatic heterocycles. The van der Waals surface area contributed by atoms with Crippen molar-refractivity contribution in [3.8, 4) is 11.4 Å². The number of carboxylic acid groups (broad SMARTS) is 1. The van der Waals surface area contributed by atoms with Crippen molar-refractivity contribution >= 4 is 5.97 Å². The minimum atomic E-state index is -1.37. The summed E-state index contributed by atoms with van der Waals surface area (Å²) in [7, 11) is 1.50. The van der Waals surface area contributed by atoms with Crippen molar-refractivity contribution in [3.63, 3.8) is 0 Å². The molecule has 8 heteroatoms. The van der Waals surface area contributed by atoms with E-state index >= 15 is 0 Å². The molecule has 0 saturated heterocycles. The third-order valence-electron chi connectivity index (χ3n) is 2.68. The summed E-state index contributed by atoms with van der Waals surface area (Å²) in [5, 5.41) is 16.5. The molecule has 1 aromatic carbocycles. The second-order valence-corrected chi connectivity index (χ2v) is 3.96. The fourth-order valence-electron chi connectivity index (χ4n) is 1.73. The summed E-state index contributed by atoms with van der Waals surface area (Å²) in [5.74, 6) is -3.61. The lowest BCUT2D eigenvalue weighted by molar-refractivity contribution is 0.0697. The average molecular weight is 283 g/mol. The SMILES string of the molecule is COCCn1cnnc1-c1cc(F)c(F)cc1C(=O)O. The Kier molecular flexibility index (Phi) is 4.04. The monoisotopic (exact) mass is 283 g/mol. The molecule has 106 valence electrons. The van der Waals surface area contributed by atoms with E-state index in [-0.39, 0.29) is 17.0 Å². The molecule has 0 bridgehead atoms.